The van der Waals surface area contributed by atoms with E-state index in [0.717, 1.165) is 6.92 Å². The van der Waals surface area contributed by atoms with Gasteiger partial charge in [-0.3, -0.25) is 9.59 Å². The topological polar surface area (TPSA) is 92.7 Å². The molecule has 0 spiro atoms. The van der Waals surface area contributed by atoms with Gasteiger partial charge in [0.2, 0.25) is 0 Å². The van der Waals surface area contributed by atoms with E-state index in [-0.39, 0.29) is 17.9 Å². The van der Waals surface area contributed by atoms with Gasteiger partial charge in [-0.25, -0.2) is 0 Å². The van der Waals surface area contributed by atoms with Gasteiger partial charge in [-0.05, 0) is 31.6 Å². The van der Waals surface area contributed by atoms with Crippen LogP contribution in [0.15, 0.2) is 0 Å². The summed E-state index contributed by atoms with van der Waals surface area (Å²) in [5.74, 6) is -11.1. The molecule has 0 aromatic rings. The third-order valence-corrected chi connectivity index (χ3v) is 6.05. The standard InChI is InChI=1S/C16H20F2O6/c1-6(2)15(3,16(17,18)14(21)22)24-13(20)10-7-4-8-9(5-7)23-12(19)11(8)10/h6-11H,4-5H2,1-3H3,(H,21,22)/p-1. The summed E-state index contributed by atoms with van der Waals surface area (Å²) < 4.78 is 38.5. The molecule has 24 heavy (non-hydrogen) atoms. The lowest BCUT2D eigenvalue weighted by Gasteiger charge is -2.41. The predicted molar refractivity (Wildman–Crippen MR) is 72.4 cm³/mol. The van der Waals surface area contributed by atoms with E-state index in [0.29, 0.717) is 12.8 Å². The molecule has 8 heteroatoms. The van der Waals surface area contributed by atoms with E-state index >= 15 is 0 Å². The zero-order valence-electron chi connectivity index (χ0n) is 13.6. The highest BCUT2D eigenvalue weighted by molar-refractivity contribution is 5.86. The Morgan fingerprint density at radius 1 is 1.33 bits per heavy atom. The summed E-state index contributed by atoms with van der Waals surface area (Å²) in [7, 11) is 0. The van der Waals surface area contributed by atoms with Crippen LogP contribution in [0.3, 0.4) is 0 Å². The Kier molecular flexibility index (Phi) is 3.66. The molecule has 0 aromatic carbocycles. The van der Waals surface area contributed by atoms with Crippen molar-refractivity contribution in [2.24, 2.45) is 29.6 Å². The van der Waals surface area contributed by atoms with Crippen molar-refractivity contribution in [3.63, 3.8) is 0 Å². The maximum Gasteiger partial charge on any atom is 0.325 e. The van der Waals surface area contributed by atoms with Crippen LogP contribution in [-0.2, 0) is 23.9 Å². The fourth-order valence-corrected chi connectivity index (χ4v) is 4.35. The number of halogens is 2. The molecule has 0 amide bonds. The highest BCUT2D eigenvalue weighted by Crippen LogP contribution is 2.58. The first-order valence-corrected chi connectivity index (χ1v) is 8.03. The minimum Gasteiger partial charge on any atom is -0.544 e. The Hall–Kier alpha value is -1.73. The van der Waals surface area contributed by atoms with Crippen molar-refractivity contribution < 1.29 is 37.7 Å². The molecule has 3 rings (SSSR count). The zero-order valence-corrected chi connectivity index (χ0v) is 13.6. The summed E-state index contributed by atoms with van der Waals surface area (Å²) in [6.45, 7) is 3.56. The van der Waals surface area contributed by atoms with Crippen LogP contribution < -0.4 is 5.11 Å². The van der Waals surface area contributed by atoms with Gasteiger partial charge in [0, 0.05) is 5.92 Å². The zero-order chi connectivity index (χ0) is 18.0. The van der Waals surface area contributed by atoms with Crippen molar-refractivity contribution in [2.75, 3.05) is 0 Å². The second-order valence-electron chi connectivity index (χ2n) is 7.47. The maximum absolute atomic E-state index is 14.1. The molecule has 0 aromatic heterocycles. The predicted octanol–water partition coefficient (Wildman–Crippen LogP) is 0.527. The molecule has 6 atom stereocenters. The molecule has 3 fully saturated rings. The smallest absolute Gasteiger partial charge is 0.325 e. The van der Waals surface area contributed by atoms with E-state index < -0.39 is 47.2 Å². The van der Waals surface area contributed by atoms with Gasteiger partial charge >= 0.3 is 17.9 Å². The summed E-state index contributed by atoms with van der Waals surface area (Å²) in [5.41, 5.74) is -2.56. The molecule has 2 bridgehead atoms. The highest BCUT2D eigenvalue weighted by Gasteiger charge is 2.66. The van der Waals surface area contributed by atoms with Gasteiger partial charge < -0.3 is 19.4 Å². The normalized spacial score (nSPS) is 36.6. The van der Waals surface area contributed by atoms with Crippen molar-refractivity contribution in [3.8, 4) is 0 Å². The number of rotatable bonds is 5. The van der Waals surface area contributed by atoms with Crippen LogP contribution in [0.1, 0.15) is 33.6 Å². The number of esters is 2. The first kappa shape index (κ1) is 17.1. The molecular weight excluding hydrogens is 326 g/mol. The van der Waals surface area contributed by atoms with Gasteiger partial charge in [0.15, 0.2) is 5.60 Å². The number of carboxylic acid groups (broad SMARTS) is 1. The van der Waals surface area contributed by atoms with Crippen LogP contribution in [0.4, 0.5) is 8.78 Å². The Morgan fingerprint density at radius 2 is 1.96 bits per heavy atom. The van der Waals surface area contributed by atoms with E-state index in [1.807, 2.05) is 0 Å². The van der Waals surface area contributed by atoms with Crippen molar-refractivity contribution in [3.05, 3.63) is 0 Å². The summed E-state index contributed by atoms with van der Waals surface area (Å²) in [4.78, 5) is 35.4. The first-order chi connectivity index (χ1) is 11.0. The summed E-state index contributed by atoms with van der Waals surface area (Å²) >= 11 is 0. The Bertz CT molecular complexity index is 601. The lowest BCUT2D eigenvalue weighted by Crippen LogP contribution is -2.61. The van der Waals surface area contributed by atoms with Gasteiger partial charge in [-0.1, -0.05) is 13.8 Å². The van der Waals surface area contributed by atoms with E-state index in [1.54, 1.807) is 0 Å². The molecule has 2 saturated carbocycles. The third-order valence-electron chi connectivity index (χ3n) is 6.05. The average molecular weight is 345 g/mol. The second kappa shape index (κ2) is 5.13. The van der Waals surface area contributed by atoms with Crippen LogP contribution in [0.25, 0.3) is 0 Å². The number of fused-ring (bicyclic) bond motifs is 1. The molecule has 3 aliphatic rings. The maximum atomic E-state index is 14.1. The molecule has 6 unspecified atom stereocenters. The van der Waals surface area contributed by atoms with E-state index in [2.05, 4.69) is 0 Å². The van der Waals surface area contributed by atoms with E-state index in [1.165, 1.54) is 13.8 Å². The molecule has 1 saturated heterocycles. The van der Waals surface area contributed by atoms with Crippen molar-refractivity contribution in [2.45, 2.75) is 51.2 Å². The molecule has 0 N–H and O–H groups in total. The molecule has 134 valence electrons. The minimum atomic E-state index is -4.35. The molecule has 6 nitrogen and oxygen atoms in total. The number of hydrogen-bond acceptors (Lipinski definition) is 6. The highest BCUT2D eigenvalue weighted by atomic mass is 19.3. The Balaban J connectivity index is 1.85. The quantitative estimate of drug-likeness (QED) is 0.675. The van der Waals surface area contributed by atoms with Crippen LogP contribution in [0.2, 0.25) is 0 Å². The van der Waals surface area contributed by atoms with E-state index in [9.17, 15) is 28.3 Å². The molecular formula is C16H19F2O6-. The number of carboxylic acids is 1. The molecule has 1 heterocycles. The number of carbonyl (C=O) groups is 3. The SMILES string of the molecule is CC(C)C(C)(OC(=O)C1C2CC3OC(=O)C1C3C2)C(F)(F)C(=O)[O-]. The van der Waals surface area contributed by atoms with Crippen LogP contribution in [0.5, 0.6) is 0 Å². The molecule has 0 radical (unpaired) electrons. The Morgan fingerprint density at radius 3 is 2.50 bits per heavy atom. The molecule has 1 aliphatic heterocycles. The van der Waals surface area contributed by atoms with Gasteiger partial charge in [0.1, 0.15) is 12.1 Å². The molecule has 2 aliphatic carbocycles. The monoisotopic (exact) mass is 345 g/mol. The summed E-state index contributed by atoms with van der Waals surface area (Å²) in [6.07, 6.45) is 0.940. The third kappa shape index (κ3) is 2.07. The summed E-state index contributed by atoms with van der Waals surface area (Å²) in [5, 5.41) is 10.9. The average Bonchev–Trinajstić information content (AvgIpc) is 3.07. The number of hydrogen-bond donors (Lipinski definition) is 0. The minimum absolute atomic E-state index is 0.0768. The lowest BCUT2D eigenvalue weighted by molar-refractivity contribution is -0.346. The van der Waals surface area contributed by atoms with Crippen LogP contribution in [0, 0.1) is 29.6 Å². The van der Waals surface area contributed by atoms with Gasteiger partial charge in [0.05, 0.1) is 11.8 Å². The first-order valence-electron chi connectivity index (χ1n) is 8.03. The van der Waals surface area contributed by atoms with Gasteiger partial charge in [0.25, 0.3) is 0 Å². The van der Waals surface area contributed by atoms with E-state index in [4.69, 9.17) is 9.47 Å². The number of alkyl halides is 2. The lowest BCUT2D eigenvalue weighted by atomic mass is 9.79. The van der Waals surface area contributed by atoms with Crippen molar-refractivity contribution in [1.29, 1.82) is 0 Å². The summed E-state index contributed by atoms with van der Waals surface area (Å²) in [6, 6.07) is 0. The fraction of sp³-hybridized carbons (Fsp3) is 0.812. The Labute approximate surface area is 137 Å². The number of ether oxygens (including phenoxy) is 2. The second-order valence-corrected chi connectivity index (χ2v) is 7.47. The van der Waals surface area contributed by atoms with Crippen LogP contribution in [-0.4, -0.2) is 35.5 Å². The largest absolute Gasteiger partial charge is 0.544 e. The number of carbonyl (C=O) groups excluding carboxylic acids is 3. The van der Waals surface area contributed by atoms with Crippen molar-refractivity contribution >= 4 is 17.9 Å². The van der Waals surface area contributed by atoms with Gasteiger partial charge in [-0.2, -0.15) is 8.78 Å². The van der Waals surface area contributed by atoms with Crippen molar-refractivity contribution in [1.82, 2.24) is 0 Å². The van der Waals surface area contributed by atoms with Gasteiger partial charge in [-0.15, -0.1) is 0 Å². The fourth-order valence-electron chi connectivity index (χ4n) is 4.35. The van der Waals surface area contributed by atoms with Crippen LogP contribution >= 0.6 is 0 Å². The number of aliphatic carboxylic acids is 1.